The molecule has 0 unspecified atom stereocenters. The molecule has 6 nitrogen and oxygen atoms in total. The molecule has 0 aromatic carbocycles. The average molecular weight is 475 g/mol. The van der Waals surface area contributed by atoms with E-state index in [2.05, 4.69) is 20.6 Å². The fraction of sp³-hybridized carbons (Fsp3) is 0.571. The number of guanidine groups is 1. The summed E-state index contributed by atoms with van der Waals surface area (Å²) in [6, 6.07) is 3.68. The third kappa shape index (κ3) is 9.98. The average Bonchev–Trinajstić information content (AvgIpc) is 2.49. The van der Waals surface area contributed by atoms with Gasteiger partial charge in [0.05, 0.1) is 12.3 Å². The molecule has 0 saturated carbocycles. The number of aromatic nitrogens is 1. The van der Waals surface area contributed by atoms with Crippen LogP contribution < -0.4 is 10.6 Å². The maximum Gasteiger partial charge on any atom is 0.191 e. The summed E-state index contributed by atoms with van der Waals surface area (Å²) in [5, 5.41) is 6.74. The monoisotopic (exact) mass is 474 g/mol. The normalized spacial score (nSPS) is 11.7. The quantitative estimate of drug-likeness (QED) is 0.260. The van der Waals surface area contributed by atoms with Gasteiger partial charge in [0.2, 0.25) is 0 Å². The Balaban J connectivity index is 0.00000484. The third-order valence-electron chi connectivity index (χ3n) is 2.95. The molecule has 0 spiro atoms. The van der Waals surface area contributed by atoms with Crippen molar-refractivity contribution in [2.75, 3.05) is 31.1 Å². The van der Waals surface area contributed by atoms with E-state index in [0.29, 0.717) is 17.7 Å². The van der Waals surface area contributed by atoms with Gasteiger partial charge in [-0.2, -0.15) is 0 Å². The number of halogens is 2. The zero-order chi connectivity index (χ0) is 16.4. The second-order valence-electron chi connectivity index (χ2n) is 4.66. The number of nitrogens with zero attached hydrogens (tertiary/aromatic N) is 2. The molecule has 2 N–H and O–H groups in total. The highest BCUT2D eigenvalue weighted by Crippen LogP contribution is 2.05. The molecule has 0 amide bonds. The van der Waals surface area contributed by atoms with Crippen LogP contribution in [-0.2, 0) is 16.3 Å². The lowest BCUT2D eigenvalue weighted by Gasteiger charge is -2.11. The van der Waals surface area contributed by atoms with Crippen LogP contribution in [-0.4, -0.2) is 50.5 Å². The van der Waals surface area contributed by atoms with Crippen LogP contribution in [0.5, 0.6) is 0 Å². The first-order valence-corrected chi connectivity index (χ1v) is 9.49. The van der Waals surface area contributed by atoms with Gasteiger partial charge in [-0.05, 0) is 25.0 Å². The van der Waals surface area contributed by atoms with E-state index in [0.717, 1.165) is 18.5 Å². The first kappa shape index (κ1) is 22.4. The van der Waals surface area contributed by atoms with Crippen LogP contribution in [0.1, 0.15) is 19.4 Å². The van der Waals surface area contributed by atoms with Crippen LogP contribution >= 0.6 is 35.6 Å². The molecule has 1 aromatic heterocycles. The van der Waals surface area contributed by atoms with Crippen molar-refractivity contribution in [1.29, 1.82) is 0 Å². The van der Waals surface area contributed by atoms with Crippen molar-refractivity contribution in [3.63, 3.8) is 0 Å². The molecule has 0 fully saturated rings. The molecular weight excluding hydrogens is 451 g/mol. The Labute approximate surface area is 160 Å². The van der Waals surface area contributed by atoms with E-state index in [9.17, 15) is 8.42 Å². The SMILES string of the molecule is CCNC(=NCCS(=O)(=O)CC)NCCc1ccc(Cl)nc1.I. The van der Waals surface area contributed by atoms with Gasteiger partial charge in [-0.25, -0.2) is 13.4 Å². The van der Waals surface area contributed by atoms with E-state index >= 15 is 0 Å². The number of hydrogen-bond donors (Lipinski definition) is 2. The number of nitrogens with one attached hydrogen (secondary N) is 2. The fourth-order valence-electron chi connectivity index (χ4n) is 1.66. The molecule has 0 saturated heterocycles. The van der Waals surface area contributed by atoms with Gasteiger partial charge in [0, 0.05) is 25.0 Å². The van der Waals surface area contributed by atoms with Gasteiger partial charge in [-0.15, -0.1) is 24.0 Å². The number of aliphatic imine (C=N–C) groups is 1. The highest BCUT2D eigenvalue weighted by atomic mass is 127. The molecule has 9 heteroatoms. The summed E-state index contributed by atoms with van der Waals surface area (Å²) in [4.78, 5) is 8.29. The summed E-state index contributed by atoms with van der Waals surface area (Å²) in [6.45, 7) is 5.25. The summed E-state index contributed by atoms with van der Waals surface area (Å²) in [7, 11) is -2.98. The van der Waals surface area contributed by atoms with Crippen molar-refractivity contribution in [1.82, 2.24) is 15.6 Å². The highest BCUT2D eigenvalue weighted by Gasteiger charge is 2.06. The van der Waals surface area contributed by atoms with Crippen molar-refractivity contribution in [3.05, 3.63) is 29.0 Å². The number of hydrogen-bond acceptors (Lipinski definition) is 4. The van der Waals surface area contributed by atoms with Gasteiger partial charge in [0.15, 0.2) is 15.8 Å². The Morgan fingerprint density at radius 1 is 1.30 bits per heavy atom. The van der Waals surface area contributed by atoms with E-state index in [1.165, 1.54) is 0 Å². The van der Waals surface area contributed by atoms with Crippen molar-refractivity contribution >= 4 is 51.4 Å². The second kappa shape index (κ2) is 11.9. The van der Waals surface area contributed by atoms with Crippen LogP contribution in [0.4, 0.5) is 0 Å². The van der Waals surface area contributed by atoms with Crippen molar-refractivity contribution in [2.24, 2.45) is 4.99 Å². The Kier molecular flexibility index (Phi) is 11.5. The van der Waals surface area contributed by atoms with Crippen LogP contribution in [0, 0.1) is 0 Å². The van der Waals surface area contributed by atoms with Crippen LogP contribution in [0.2, 0.25) is 5.15 Å². The van der Waals surface area contributed by atoms with Crippen LogP contribution in [0.25, 0.3) is 0 Å². The van der Waals surface area contributed by atoms with Gasteiger partial charge in [0.1, 0.15) is 5.15 Å². The first-order valence-electron chi connectivity index (χ1n) is 7.30. The standard InChI is InChI=1S/C14H23ClN4O2S.HI/c1-3-16-14(18-9-10-22(20,21)4-2)17-8-7-12-5-6-13(15)19-11-12;/h5-6,11H,3-4,7-10H2,1-2H3,(H2,16,17,18);1H. The smallest absolute Gasteiger partial charge is 0.191 e. The predicted octanol–water partition coefficient (Wildman–Crippen LogP) is 1.89. The zero-order valence-corrected chi connectivity index (χ0v) is 17.3. The van der Waals surface area contributed by atoms with Gasteiger partial charge >= 0.3 is 0 Å². The van der Waals surface area contributed by atoms with Gasteiger partial charge in [-0.1, -0.05) is 24.6 Å². The number of pyridine rings is 1. The van der Waals surface area contributed by atoms with Crippen LogP contribution in [0.3, 0.4) is 0 Å². The minimum Gasteiger partial charge on any atom is -0.357 e. The zero-order valence-electron chi connectivity index (χ0n) is 13.4. The van der Waals surface area contributed by atoms with Crippen molar-refractivity contribution < 1.29 is 8.42 Å². The molecule has 0 radical (unpaired) electrons. The lowest BCUT2D eigenvalue weighted by molar-refractivity contribution is 0.597. The molecule has 1 aromatic rings. The van der Waals surface area contributed by atoms with Gasteiger partial charge in [0.25, 0.3) is 0 Å². The molecule has 0 aliphatic heterocycles. The van der Waals surface area contributed by atoms with E-state index in [1.54, 1.807) is 19.2 Å². The predicted molar refractivity (Wildman–Crippen MR) is 107 cm³/mol. The van der Waals surface area contributed by atoms with E-state index < -0.39 is 9.84 Å². The molecule has 1 rings (SSSR count). The molecule has 1 heterocycles. The van der Waals surface area contributed by atoms with Gasteiger partial charge < -0.3 is 10.6 Å². The minimum atomic E-state index is -2.98. The molecular formula is C14H24ClIN4O2S. The third-order valence-corrected chi connectivity index (χ3v) is 4.86. The number of sulfone groups is 1. The second-order valence-corrected chi connectivity index (χ2v) is 7.52. The Morgan fingerprint density at radius 2 is 2.04 bits per heavy atom. The minimum absolute atomic E-state index is 0. The van der Waals surface area contributed by atoms with E-state index in [-0.39, 0.29) is 42.0 Å². The summed E-state index contributed by atoms with van der Waals surface area (Å²) >= 11 is 5.74. The lowest BCUT2D eigenvalue weighted by atomic mass is 10.2. The van der Waals surface area contributed by atoms with E-state index in [1.807, 2.05) is 13.0 Å². The van der Waals surface area contributed by atoms with Crippen molar-refractivity contribution in [2.45, 2.75) is 20.3 Å². The topological polar surface area (TPSA) is 83.5 Å². The Hall–Kier alpha value is -0.610. The molecule has 23 heavy (non-hydrogen) atoms. The maximum absolute atomic E-state index is 11.4. The molecule has 132 valence electrons. The molecule has 0 aliphatic carbocycles. The summed E-state index contributed by atoms with van der Waals surface area (Å²) in [5.74, 6) is 0.841. The Morgan fingerprint density at radius 3 is 2.61 bits per heavy atom. The summed E-state index contributed by atoms with van der Waals surface area (Å²) < 4.78 is 22.9. The summed E-state index contributed by atoms with van der Waals surface area (Å²) in [5.41, 5.74) is 1.07. The Bertz CT molecular complexity index is 579. The largest absolute Gasteiger partial charge is 0.357 e. The van der Waals surface area contributed by atoms with Gasteiger partial charge in [-0.3, -0.25) is 4.99 Å². The summed E-state index contributed by atoms with van der Waals surface area (Å²) in [6.07, 6.45) is 2.52. The van der Waals surface area contributed by atoms with Crippen molar-refractivity contribution in [3.8, 4) is 0 Å². The lowest BCUT2D eigenvalue weighted by Crippen LogP contribution is -2.38. The van der Waals surface area contributed by atoms with E-state index in [4.69, 9.17) is 11.6 Å². The molecule has 0 aliphatic rings. The first-order chi connectivity index (χ1) is 10.5. The molecule has 0 atom stereocenters. The number of rotatable bonds is 8. The maximum atomic E-state index is 11.4. The molecule has 0 bridgehead atoms. The van der Waals surface area contributed by atoms with Crippen LogP contribution in [0.15, 0.2) is 23.3 Å². The highest BCUT2D eigenvalue weighted by molar-refractivity contribution is 14.0. The fourth-order valence-corrected chi connectivity index (χ4v) is 2.43.